The minimum Gasteiger partial charge on any atom is -0.459 e. The van der Waals surface area contributed by atoms with E-state index in [1.54, 1.807) is 51.1 Å². The molecule has 1 amide bonds. The van der Waals surface area contributed by atoms with Gasteiger partial charge in [-0.25, -0.2) is 4.79 Å². The van der Waals surface area contributed by atoms with Gasteiger partial charge in [0.25, 0.3) is 0 Å². The van der Waals surface area contributed by atoms with Crippen LogP contribution in [0.1, 0.15) is 49.3 Å². The van der Waals surface area contributed by atoms with E-state index in [1.165, 1.54) is 24.3 Å². The van der Waals surface area contributed by atoms with Crippen molar-refractivity contribution in [3.05, 3.63) is 120 Å². The molecule has 0 heterocycles. The molecular weight excluding hydrogens is 566 g/mol. The van der Waals surface area contributed by atoms with Crippen LogP contribution in [-0.4, -0.2) is 39.2 Å². The van der Waals surface area contributed by atoms with Crippen molar-refractivity contribution in [2.24, 2.45) is 0 Å². The highest BCUT2D eigenvalue weighted by Gasteiger charge is 2.31. The molecule has 8 nitrogen and oxygen atoms in total. The third kappa shape index (κ3) is 7.06. The number of amides is 1. The van der Waals surface area contributed by atoms with E-state index in [9.17, 15) is 18.0 Å². The van der Waals surface area contributed by atoms with E-state index in [0.717, 1.165) is 22.3 Å². The van der Waals surface area contributed by atoms with Crippen molar-refractivity contribution in [1.29, 1.82) is 0 Å². The monoisotopic (exact) mass is 599 g/mol. The number of fused-ring (bicyclic) bond motifs is 3. The van der Waals surface area contributed by atoms with E-state index in [0.29, 0.717) is 5.56 Å². The third-order valence-corrected chi connectivity index (χ3v) is 8.25. The molecule has 0 fully saturated rings. The summed E-state index contributed by atoms with van der Waals surface area (Å²) in [6.45, 7) is 5.21. The van der Waals surface area contributed by atoms with Gasteiger partial charge in [-0.1, -0.05) is 78.9 Å². The average molecular weight is 600 g/mol. The quantitative estimate of drug-likeness (QED) is 0.175. The van der Waals surface area contributed by atoms with Crippen molar-refractivity contribution in [3.8, 4) is 16.9 Å². The van der Waals surface area contributed by atoms with Crippen LogP contribution in [0.15, 0.2) is 108 Å². The second kappa shape index (κ2) is 12.3. The van der Waals surface area contributed by atoms with Gasteiger partial charge in [0.15, 0.2) is 0 Å². The predicted molar refractivity (Wildman–Crippen MR) is 162 cm³/mol. The number of alkyl carbamates (subject to hydrolysis) is 1. The van der Waals surface area contributed by atoms with Gasteiger partial charge in [-0.15, -0.1) is 0 Å². The smallest absolute Gasteiger partial charge is 0.407 e. The summed E-state index contributed by atoms with van der Waals surface area (Å²) in [5.41, 5.74) is 4.04. The SMILES string of the molecule is CC(C)(C)OC(=O)C(CNC(=O)OCC1c2ccccc2-c2ccccc21)c1cccc(OS(=O)(=O)c2ccccc2)c1. The lowest BCUT2D eigenvalue weighted by Gasteiger charge is -2.24. The van der Waals surface area contributed by atoms with E-state index < -0.39 is 33.7 Å². The molecule has 0 saturated carbocycles. The van der Waals surface area contributed by atoms with Gasteiger partial charge in [-0.05, 0) is 72.9 Å². The molecule has 4 aromatic rings. The summed E-state index contributed by atoms with van der Waals surface area (Å²) in [6, 6.07) is 30.0. The molecular formula is C34H33NO7S. The summed E-state index contributed by atoms with van der Waals surface area (Å²) in [4.78, 5) is 26.1. The molecule has 0 radical (unpaired) electrons. The second-order valence-electron chi connectivity index (χ2n) is 11.2. The minimum atomic E-state index is -4.09. The van der Waals surface area contributed by atoms with Gasteiger partial charge in [0.2, 0.25) is 0 Å². The van der Waals surface area contributed by atoms with E-state index in [2.05, 4.69) is 17.4 Å². The number of ether oxygens (including phenoxy) is 2. The lowest BCUT2D eigenvalue weighted by atomic mass is 9.98. The van der Waals surface area contributed by atoms with Crippen molar-refractivity contribution in [2.75, 3.05) is 13.2 Å². The maximum absolute atomic E-state index is 13.3. The van der Waals surface area contributed by atoms with Crippen LogP contribution in [0, 0.1) is 0 Å². The van der Waals surface area contributed by atoms with E-state index >= 15 is 0 Å². The van der Waals surface area contributed by atoms with Crippen molar-refractivity contribution in [1.82, 2.24) is 5.32 Å². The third-order valence-electron chi connectivity index (χ3n) is 6.98. The molecule has 1 N–H and O–H groups in total. The van der Waals surface area contributed by atoms with Crippen LogP contribution < -0.4 is 9.50 Å². The zero-order valence-electron chi connectivity index (χ0n) is 24.1. The van der Waals surface area contributed by atoms with Crippen molar-refractivity contribution in [2.45, 2.75) is 43.1 Å². The summed E-state index contributed by atoms with van der Waals surface area (Å²) in [5.74, 6) is -1.63. The Bertz CT molecular complexity index is 1680. The Labute approximate surface area is 251 Å². The highest BCUT2D eigenvalue weighted by atomic mass is 32.2. The van der Waals surface area contributed by atoms with Crippen LogP contribution >= 0.6 is 0 Å². The first-order valence-corrected chi connectivity index (χ1v) is 15.3. The van der Waals surface area contributed by atoms with Crippen molar-refractivity contribution >= 4 is 22.2 Å². The number of rotatable bonds is 9. The normalized spacial score (nSPS) is 13.4. The summed E-state index contributed by atoms with van der Waals surface area (Å²) in [5, 5.41) is 2.69. The van der Waals surface area contributed by atoms with E-state index in [1.807, 2.05) is 36.4 Å². The molecule has 0 aromatic heterocycles. The zero-order chi connectivity index (χ0) is 30.6. The standard InChI is InChI=1S/C34H33NO7S/c1-34(2,3)41-32(36)30(23-12-11-13-24(20-23)42-43(38,39)25-14-5-4-6-15-25)21-35-33(37)40-22-31-28-18-9-7-16-26(28)27-17-8-10-19-29(27)31/h4-20,30-31H,21-22H2,1-3H3,(H,35,37). The van der Waals surface area contributed by atoms with E-state index in [-0.39, 0.29) is 29.7 Å². The lowest BCUT2D eigenvalue weighted by molar-refractivity contribution is -0.156. The number of hydrogen-bond donors (Lipinski definition) is 1. The fourth-order valence-corrected chi connectivity index (χ4v) is 6.03. The first kappa shape index (κ1) is 29.8. The van der Waals surface area contributed by atoms with Gasteiger partial charge < -0.3 is 19.0 Å². The van der Waals surface area contributed by atoms with Gasteiger partial charge in [-0.2, -0.15) is 8.42 Å². The van der Waals surface area contributed by atoms with Crippen LogP contribution in [0.2, 0.25) is 0 Å². The molecule has 4 aromatic carbocycles. The summed E-state index contributed by atoms with van der Waals surface area (Å²) in [7, 11) is -4.09. The van der Waals surface area contributed by atoms with Crippen molar-refractivity contribution in [3.63, 3.8) is 0 Å². The first-order valence-electron chi connectivity index (χ1n) is 13.9. The molecule has 1 atom stereocenters. The van der Waals surface area contributed by atoms with Crippen LogP contribution in [0.4, 0.5) is 4.79 Å². The topological polar surface area (TPSA) is 108 Å². The molecule has 9 heteroatoms. The maximum atomic E-state index is 13.3. The van der Waals surface area contributed by atoms with Gasteiger partial charge in [-0.3, -0.25) is 4.79 Å². The Morgan fingerprint density at radius 2 is 1.42 bits per heavy atom. The fourth-order valence-electron chi connectivity index (χ4n) is 5.09. The molecule has 0 bridgehead atoms. The van der Waals surface area contributed by atoms with Crippen LogP contribution in [0.5, 0.6) is 5.75 Å². The van der Waals surface area contributed by atoms with Gasteiger partial charge in [0.05, 0.1) is 5.92 Å². The van der Waals surface area contributed by atoms with Gasteiger partial charge in [0, 0.05) is 12.5 Å². The number of carbonyl (C=O) groups is 2. The number of hydrogen-bond acceptors (Lipinski definition) is 7. The second-order valence-corrected chi connectivity index (χ2v) is 12.8. The Morgan fingerprint density at radius 1 is 0.814 bits per heavy atom. The Hall–Kier alpha value is -4.63. The zero-order valence-corrected chi connectivity index (χ0v) is 25.0. The lowest BCUT2D eigenvalue weighted by Crippen LogP contribution is -2.36. The average Bonchev–Trinajstić information content (AvgIpc) is 3.29. The number of benzene rings is 4. The summed E-state index contributed by atoms with van der Waals surface area (Å²) in [6.07, 6.45) is -0.686. The van der Waals surface area contributed by atoms with Crippen LogP contribution in [0.25, 0.3) is 11.1 Å². The summed E-state index contributed by atoms with van der Waals surface area (Å²) < 4.78 is 42.1. The number of nitrogens with one attached hydrogen (secondary N) is 1. The number of esters is 1. The van der Waals surface area contributed by atoms with E-state index in [4.69, 9.17) is 13.7 Å². The highest BCUT2D eigenvalue weighted by Crippen LogP contribution is 2.44. The molecule has 0 aliphatic heterocycles. The molecule has 1 aliphatic rings. The van der Waals surface area contributed by atoms with Gasteiger partial charge in [0.1, 0.15) is 22.9 Å². The largest absolute Gasteiger partial charge is 0.459 e. The number of carbonyl (C=O) groups excluding carboxylic acids is 2. The molecule has 43 heavy (non-hydrogen) atoms. The molecule has 0 saturated heterocycles. The fraction of sp³-hybridized carbons (Fsp3) is 0.235. The molecule has 1 aliphatic carbocycles. The first-order chi connectivity index (χ1) is 20.5. The van der Waals surface area contributed by atoms with Crippen LogP contribution in [-0.2, 0) is 24.4 Å². The minimum absolute atomic E-state index is 0.000942. The Kier molecular flexibility index (Phi) is 8.54. The maximum Gasteiger partial charge on any atom is 0.407 e. The predicted octanol–water partition coefficient (Wildman–Crippen LogP) is 6.42. The van der Waals surface area contributed by atoms with Crippen LogP contribution in [0.3, 0.4) is 0 Å². The summed E-state index contributed by atoms with van der Waals surface area (Å²) >= 11 is 0. The van der Waals surface area contributed by atoms with Crippen molar-refractivity contribution < 1.29 is 31.7 Å². The molecule has 1 unspecified atom stereocenters. The highest BCUT2D eigenvalue weighted by molar-refractivity contribution is 7.87. The molecule has 5 rings (SSSR count). The Morgan fingerprint density at radius 3 is 2.05 bits per heavy atom. The molecule has 222 valence electrons. The molecule has 0 spiro atoms. The Balaban J connectivity index is 1.30. The van der Waals surface area contributed by atoms with Gasteiger partial charge >= 0.3 is 22.2 Å².